The third-order valence-electron chi connectivity index (χ3n) is 2.82. The highest BCUT2D eigenvalue weighted by Gasteiger charge is 2.23. The van der Waals surface area contributed by atoms with Crippen molar-refractivity contribution in [3.05, 3.63) is 28.8 Å². The van der Waals surface area contributed by atoms with Crippen LogP contribution in [0.2, 0.25) is 5.02 Å². The van der Waals surface area contributed by atoms with Crippen LogP contribution in [0.4, 0.5) is 0 Å². The van der Waals surface area contributed by atoms with E-state index < -0.39 is 12.2 Å². The molecule has 2 N–H and O–H groups in total. The van der Waals surface area contributed by atoms with Gasteiger partial charge in [0.1, 0.15) is 12.4 Å². The molecule has 0 heterocycles. The van der Waals surface area contributed by atoms with Gasteiger partial charge in [-0.2, -0.15) is 0 Å². The summed E-state index contributed by atoms with van der Waals surface area (Å²) in [6.07, 6.45) is -1.24. The topological polar surface area (TPSA) is 49.7 Å². The first-order valence-corrected chi connectivity index (χ1v) is 6.38. The molecule has 0 saturated carbocycles. The van der Waals surface area contributed by atoms with Crippen LogP contribution < -0.4 is 4.74 Å². The number of rotatable bonds is 4. The standard InChI is InChI=1S/C14H21ClO3/c1-9(16)11-7-10(15)5-6-12(11)18-8-13(17)14(2,3)4/h5-7,9,13,16-17H,8H2,1-4H3/t9-,13?/m1/s1. The number of aliphatic hydroxyl groups excluding tert-OH is 2. The predicted molar refractivity (Wildman–Crippen MR) is 73.0 cm³/mol. The molecular weight excluding hydrogens is 252 g/mol. The molecule has 3 nitrogen and oxygen atoms in total. The van der Waals surface area contributed by atoms with Crippen LogP contribution in [0.25, 0.3) is 0 Å². The minimum atomic E-state index is -0.662. The molecule has 1 unspecified atom stereocenters. The summed E-state index contributed by atoms with van der Waals surface area (Å²) in [5.41, 5.74) is 0.390. The lowest BCUT2D eigenvalue weighted by Gasteiger charge is -2.26. The molecule has 18 heavy (non-hydrogen) atoms. The van der Waals surface area contributed by atoms with Crippen molar-refractivity contribution in [3.63, 3.8) is 0 Å². The van der Waals surface area contributed by atoms with E-state index in [9.17, 15) is 10.2 Å². The molecular formula is C14H21ClO3. The molecule has 0 saturated heterocycles. The SMILES string of the molecule is C[C@@H](O)c1cc(Cl)ccc1OCC(O)C(C)(C)C. The van der Waals surface area contributed by atoms with E-state index in [0.717, 1.165) is 0 Å². The van der Waals surface area contributed by atoms with Crippen LogP contribution in [0.3, 0.4) is 0 Å². The van der Waals surface area contributed by atoms with Gasteiger partial charge in [0.05, 0.1) is 12.2 Å². The molecule has 0 amide bonds. The molecule has 0 spiro atoms. The van der Waals surface area contributed by atoms with Crippen LogP contribution in [0.15, 0.2) is 18.2 Å². The summed E-state index contributed by atoms with van der Waals surface area (Å²) in [6.45, 7) is 7.67. The number of ether oxygens (including phenoxy) is 1. The van der Waals surface area contributed by atoms with E-state index >= 15 is 0 Å². The lowest BCUT2D eigenvalue weighted by molar-refractivity contribution is 0.0208. The number of hydrogen-bond donors (Lipinski definition) is 2. The fourth-order valence-electron chi connectivity index (χ4n) is 1.40. The second-order valence-electron chi connectivity index (χ2n) is 5.55. The molecule has 0 aliphatic heterocycles. The molecule has 0 aromatic heterocycles. The van der Waals surface area contributed by atoms with E-state index in [4.69, 9.17) is 16.3 Å². The minimum absolute atomic E-state index is 0.185. The largest absolute Gasteiger partial charge is 0.490 e. The molecule has 102 valence electrons. The van der Waals surface area contributed by atoms with Gasteiger partial charge in [-0.25, -0.2) is 0 Å². The first kappa shape index (κ1) is 15.3. The molecule has 2 atom stereocenters. The highest BCUT2D eigenvalue weighted by Crippen LogP contribution is 2.29. The van der Waals surface area contributed by atoms with Crippen LogP contribution in [0.5, 0.6) is 5.75 Å². The monoisotopic (exact) mass is 272 g/mol. The van der Waals surface area contributed by atoms with Crippen LogP contribution in [0.1, 0.15) is 39.4 Å². The fourth-order valence-corrected chi connectivity index (χ4v) is 1.58. The van der Waals surface area contributed by atoms with E-state index in [0.29, 0.717) is 16.3 Å². The van der Waals surface area contributed by atoms with Crippen LogP contribution >= 0.6 is 11.6 Å². The average Bonchev–Trinajstić information content (AvgIpc) is 2.25. The van der Waals surface area contributed by atoms with Gasteiger partial charge in [-0.1, -0.05) is 32.4 Å². The molecule has 0 fully saturated rings. The normalized spacial score (nSPS) is 15.3. The second-order valence-corrected chi connectivity index (χ2v) is 5.99. The Morgan fingerprint density at radius 3 is 2.39 bits per heavy atom. The Balaban J connectivity index is 2.79. The predicted octanol–water partition coefficient (Wildman–Crippen LogP) is 3.18. The summed E-state index contributed by atoms with van der Waals surface area (Å²) in [5, 5.41) is 20.1. The molecule has 1 rings (SSSR count). The average molecular weight is 273 g/mol. The van der Waals surface area contributed by atoms with Crippen molar-refractivity contribution in [2.24, 2.45) is 5.41 Å². The zero-order valence-corrected chi connectivity index (χ0v) is 12.0. The lowest BCUT2D eigenvalue weighted by Crippen LogP contribution is -2.32. The maximum atomic E-state index is 9.92. The van der Waals surface area contributed by atoms with E-state index in [1.165, 1.54) is 0 Å². The highest BCUT2D eigenvalue weighted by molar-refractivity contribution is 6.30. The van der Waals surface area contributed by atoms with E-state index in [-0.39, 0.29) is 12.0 Å². The zero-order chi connectivity index (χ0) is 13.9. The van der Waals surface area contributed by atoms with Gasteiger partial charge < -0.3 is 14.9 Å². The second kappa shape index (κ2) is 5.91. The maximum Gasteiger partial charge on any atom is 0.125 e. The molecule has 0 aliphatic rings. The van der Waals surface area contributed by atoms with E-state index in [1.54, 1.807) is 25.1 Å². The van der Waals surface area contributed by atoms with Crippen LogP contribution in [-0.2, 0) is 0 Å². The molecule has 0 aliphatic carbocycles. The Labute approximate surface area is 113 Å². The smallest absolute Gasteiger partial charge is 0.125 e. The van der Waals surface area contributed by atoms with E-state index in [2.05, 4.69) is 0 Å². The molecule has 4 heteroatoms. The zero-order valence-electron chi connectivity index (χ0n) is 11.3. The van der Waals surface area contributed by atoms with Gasteiger partial charge in [-0.3, -0.25) is 0 Å². The third kappa shape index (κ3) is 4.16. The van der Waals surface area contributed by atoms with Gasteiger partial charge in [0.15, 0.2) is 0 Å². The van der Waals surface area contributed by atoms with Crippen LogP contribution in [0, 0.1) is 5.41 Å². The van der Waals surface area contributed by atoms with E-state index in [1.807, 2.05) is 20.8 Å². The van der Waals surface area contributed by atoms with Crippen molar-refractivity contribution in [1.29, 1.82) is 0 Å². The van der Waals surface area contributed by atoms with Gasteiger partial charge in [0.2, 0.25) is 0 Å². The van der Waals surface area contributed by atoms with Gasteiger partial charge >= 0.3 is 0 Å². The summed E-state index contributed by atoms with van der Waals surface area (Å²) in [7, 11) is 0. The van der Waals surface area contributed by atoms with Crippen molar-refractivity contribution >= 4 is 11.6 Å². The molecule has 0 bridgehead atoms. The van der Waals surface area contributed by atoms with Gasteiger partial charge in [0.25, 0.3) is 0 Å². The van der Waals surface area contributed by atoms with Crippen LogP contribution in [-0.4, -0.2) is 22.9 Å². The Kier molecular flexibility index (Phi) is 5.02. The van der Waals surface area contributed by atoms with Crippen molar-refractivity contribution < 1.29 is 14.9 Å². The minimum Gasteiger partial charge on any atom is -0.490 e. The van der Waals surface area contributed by atoms with Gasteiger partial charge in [-0.15, -0.1) is 0 Å². The quantitative estimate of drug-likeness (QED) is 0.885. The lowest BCUT2D eigenvalue weighted by atomic mass is 9.90. The van der Waals surface area contributed by atoms with Crippen molar-refractivity contribution in [2.45, 2.75) is 39.9 Å². The number of benzene rings is 1. The maximum absolute atomic E-state index is 9.92. The van der Waals surface area contributed by atoms with Gasteiger partial charge in [0, 0.05) is 10.6 Å². The number of hydrogen-bond acceptors (Lipinski definition) is 3. The van der Waals surface area contributed by atoms with Crippen molar-refractivity contribution in [3.8, 4) is 5.75 Å². The molecule has 0 radical (unpaired) electrons. The first-order chi connectivity index (χ1) is 8.21. The Morgan fingerprint density at radius 2 is 1.89 bits per heavy atom. The third-order valence-corrected chi connectivity index (χ3v) is 3.05. The molecule has 1 aromatic rings. The summed E-state index contributed by atoms with van der Waals surface area (Å²) in [5.74, 6) is 0.553. The molecule has 1 aromatic carbocycles. The number of halogens is 1. The summed E-state index contributed by atoms with van der Waals surface area (Å²) in [4.78, 5) is 0. The fraction of sp³-hybridized carbons (Fsp3) is 0.571. The highest BCUT2D eigenvalue weighted by atomic mass is 35.5. The Morgan fingerprint density at radius 1 is 1.28 bits per heavy atom. The number of aliphatic hydroxyl groups is 2. The van der Waals surface area contributed by atoms with Gasteiger partial charge in [-0.05, 0) is 30.5 Å². The summed E-state index contributed by atoms with van der Waals surface area (Å²) < 4.78 is 5.57. The Hall–Kier alpha value is -0.770. The first-order valence-electron chi connectivity index (χ1n) is 6.00. The summed E-state index contributed by atoms with van der Waals surface area (Å²) in [6, 6.07) is 5.08. The Bertz CT molecular complexity index is 397. The van der Waals surface area contributed by atoms with Crippen molar-refractivity contribution in [1.82, 2.24) is 0 Å². The summed E-state index contributed by atoms with van der Waals surface area (Å²) >= 11 is 5.88. The van der Waals surface area contributed by atoms with Crippen molar-refractivity contribution in [2.75, 3.05) is 6.61 Å².